The topological polar surface area (TPSA) is 85.9 Å². The van der Waals surface area contributed by atoms with Gasteiger partial charge in [-0.25, -0.2) is 0 Å². The first kappa shape index (κ1) is 15.5. The fourth-order valence-electron chi connectivity index (χ4n) is 3.50. The molecule has 1 aromatic rings. The Labute approximate surface area is 134 Å². The number of carbonyl (C=O) groups is 2. The van der Waals surface area contributed by atoms with Gasteiger partial charge in [0.25, 0.3) is 0 Å². The van der Waals surface area contributed by atoms with Gasteiger partial charge in [0.1, 0.15) is 11.6 Å². The maximum atomic E-state index is 12.2. The molecule has 2 N–H and O–H groups in total. The maximum Gasteiger partial charge on any atom is 0.235 e. The predicted molar refractivity (Wildman–Crippen MR) is 81.6 cm³/mol. The van der Waals surface area contributed by atoms with Crippen molar-refractivity contribution in [1.29, 1.82) is 0 Å². The number of benzene rings is 1. The number of methoxy groups -OCH3 is 3. The monoisotopic (exact) mass is 320 g/mol. The average molecular weight is 320 g/mol. The predicted octanol–water partition coefficient (Wildman–Crippen LogP) is 0.778. The van der Waals surface area contributed by atoms with Gasteiger partial charge in [-0.3, -0.25) is 9.59 Å². The van der Waals surface area contributed by atoms with Crippen LogP contribution in [0.2, 0.25) is 0 Å². The smallest absolute Gasteiger partial charge is 0.235 e. The molecule has 0 aromatic heterocycles. The van der Waals surface area contributed by atoms with Crippen molar-refractivity contribution < 1.29 is 23.8 Å². The largest absolute Gasteiger partial charge is 0.493 e. The normalized spacial score (nSPS) is 28.9. The van der Waals surface area contributed by atoms with E-state index >= 15 is 0 Å². The Morgan fingerprint density at radius 2 is 1.52 bits per heavy atom. The summed E-state index contributed by atoms with van der Waals surface area (Å²) in [4.78, 5) is 24.5. The number of carbonyl (C=O) groups excluding carboxylic acids is 2. The van der Waals surface area contributed by atoms with Crippen LogP contribution in [0.25, 0.3) is 0 Å². The number of rotatable bonds is 4. The van der Waals surface area contributed by atoms with Gasteiger partial charge < -0.3 is 24.8 Å². The van der Waals surface area contributed by atoms with Crippen LogP contribution in [0.5, 0.6) is 17.2 Å². The SMILES string of the molecule is COc1cc([C@@H]2CC3(C)NC(=O)C2C(=O)N3)cc(OC)c1OC. The first-order chi connectivity index (χ1) is 10.9. The summed E-state index contributed by atoms with van der Waals surface area (Å²) in [6, 6.07) is 3.60. The van der Waals surface area contributed by atoms with E-state index in [-0.39, 0.29) is 17.7 Å². The summed E-state index contributed by atoms with van der Waals surface area (Å²) in [5.41, 5.74) is 0.0916. The van der Waals surface area contributed by atoms with Crippen LogP contribution in [0.1, 0.15) is 24.8 Å². The number of fused-ring (bicyclic) bond motifs is 3. The second kappa shape index (κ2) is 5.33. The Morgan fingerprint density at radius 1 is 1.00 bits per heavy atom. The van der Waals surface area contributed by atoms with E-state index in [0.717, 1.165) is 5.56 Å². The van der Waals surface area contributed by atoms with Gasteiger partial charge in [0.2, 0.25) is 17.6 Å². The molecule has 7 nitrogen and oxygen atoms in total. The molecule has 7 heteroatoms. The van der Waals surface area contributed by atoms with Crippen molar-refractivity contribution in [1.82, 2.24) is 10.6 Å². The van der Waals surface area contributed by atoms with E-state index in [1.165, 1.54) is 21.3 Å². The van der Waals surface area contributed by atoms with E-state index in [0.29, 0.717) is 23.7 Å². The Morgan fingerprint density at radius 3 is 1.91 bits per heavy atom. The van der Waals surface area contributed by atoms with Crippen molar-refractivity contribution in [3.63, 3.8) is 0 Å². The third kappa shape index (κ3) is 2.36. The molecule has 4 rings (SSSR count). The molecular formula is C16H20N2O5. The lowest BCUT2D eigenvalue weighted by Crippen LogP contribution is -2.72. The standard InChI is InChI=1S/C16H20N2O5/c1-16-7-9(12(14(19)17-16)15(20)18-16)8-5-10(21-2)13(23-4)11(6-8)22-3/h5-6,9,12H,7H2,1-4H3,(H,17,19)(H,18,20)/t9-,12?,16?/m0/s1. The van der Waals surface area contributed by atoms with Crippen LogP contribution in [0.3, 0.4) is 0 Å². The summed E-state index contributed by atoms with van der Waals surface area (Å²) in [5, 5.41) is 5.69. The highest BCUT2D eigenvalue weighted by Gasteiger charge is 2.53. The Hall–Kier alpha value is -2.44. The Kier molecular flexibility index (Phi) is 3.58. The van der Waals surface area contributed by atoms with Crippen LogP contribution in [-0.2, 0) is 9.59 Å². The number of piperidine rings is 2. The first-order valence-corrected chi connectivity index (χ1v) is 7.36. The van der Waals surface area contributed by atoms with Crippen molar-refractivity contribution in [2.45, 2.75) is 24.9 Å². The lowest BCUT2D eigenvalue weighted by Gasteiger charge is -2.48. The summed E-state index contributed by atoms with van der Waals surface area (Å²) in [6.07, 6.45) is 0.605. The van der Waals surface area contributed by atoms with Gasteiger partial charge in [-0.2, -0.15) is 0 Å². The minimum atomic E-state index is -0.750. The lowest BCUT2D eigenvalue weighted by molar-refractivity contribution is -0.149. The molecule has 0 spiro atoms. The van der Waals surface area contributed by atoms with E-state index in [2.05, 4.69) is 10.6 Å². The van der Waals surface area contributed by atoms with E-state index in [9.17, 15) is 9.59 Å². The zero-order chi connectivity index (χ0) is 16.8. The number of nitrogens with one attached hydrogen (secondary N) is 2. The minimum Gasteiger partial charge on any atom is -0.493 e. The summed E-state index contributed by atoms with van der Waals surface area (Å²) in [5.74, 6) is 0.0155. The molecule has 23 heavy (non-hydrogen) atoms. The van der Waals surface area contributed by atoms with Gasteiger partial charge in [-0.05, 0) is 31.0 Å². The summed E-state index contributed by atoms with van der Waals surface area (Å²) < 4.78 is 16.0. The summed E-state index contributed by atoms with van der Waals surface area (Å²) >= 11 is 0. The number of hydrogen-bond donors (Lipinski definition) is 2. The average Bonchev–Trinajstić information content (AvgIpc) is 2.51. The summed E-state index contributed by atoms with van der Waals surface area (Å²) in [7, 11) is 4.61. The zero-order valence-electron chi connectivity index (χ0n) is 13.6. The molecule has 124 valence electrons. The third-order valence-electron chi connectivity index (χ3n) is 4.51. The minimum absolute atomic E-state index is 0.240. The van der Waals surface area contributed by atoms with Crippen LogP contribution >= 0.6 is 0 Å². The molecule has 3 heterocycles. The van der Waals surface area contributed by atoms with Gasteiger partial charge in [-0.15, -0.1) is 0 Å². The fourth-order valence-corrected chi connectivity index (χ4v) is 3.50. The molecule has 0 aliphatic carbocycles. The Bertz CT molecular complexity index is 629. The molecule has 3 aliphatic rings. The number of amides is 2. The Balaban J connectivity index is 2.08. The van der Waals surface area contributed by atoms with Gasteiger partial charge >= 0.3 is 0 Å². The first-order valence-electron chi connectivity index (χ1n) is 7.36. The molecule has 0 saturated carbocycles. The molecule has 1 aromatic carbocycles. The molecule has 0 unspecified atom stereocenters. The van der Waals surface area contributed by atoms with E-state index in [1.807, 2.05) is 6.92 Å². The van der Waals surface area contributed by atoms with E-state index in [1.54, 1.807) is 12.1 Å². The quantitative estimate of drug-likeness (QED) is 0.801. The molecule has 3 aliphatic heterocycles. The van der Waals surface area contributed by atoms with Crippen molar-refractivity contribution >= 4 is 11.8 Å². The van der Waals surface area contributed by atoms with Gasteiger partial charge in [0.05, 0.1) is 21.3 Å². The van der Waals surface area contributed by atoms with Crippen LogP contribution in [0.15, 0.2) is 12.1 Å². The fraction of sp³-hybridized carbons (Fsp3) is 0.500. The highest BCUT2D eigenvalue weighted by molar-refractivity contribution is 6.05. The van der Waals surface area contributed by atoms with E-state index < -0.39 is 11.6 Å². The van der Waals surface area contributed by atoms with Crippen molar-refractivity contribution in [2.24, 2.45) is 5.92 Å². The van der Waals surface area contributed by atoms with Crippen molar-refractivity contribution in [2.75, 3.05) is 21.3 Å². The second-order valence-electron chi connectivity index (χ2n) is 6.06. The van der Waals surface area contributed by atoms with Crippen LogP contribution < -0.4 is 24.8 Å². The number of ether oxygens (including phenoxy) is 3. The molecule has 3 fully saturated rings. The molecule has 1 atom stereocenters. The van der Waals surface area contributed by atoms with Crippen LogP contribution in [0.4, 0.5) is 0 Å². The third-order valence-corrected chi connectivity index (χ3v) is 4.51. The van der Waals surface area contributed by atoms with Crippen LogP contribution in [-0.4, -0.2) is 38.8 Å². The highest BCUT2D eigenvalue weighted by atomic mass is 16.5. The molecule has 0 radical (unpaired) electrons. The van der Waals surface area contributed by atoms with Crippen molar-refractivity contribution in [3.8, 4) is 17.2 Å². The van der Waals surface area contributed by atoms with E-state index in [4.69, 9.17) is 14.2 Å². The maximum absolute atomic E-state index is 12.2. The second-order valence-corrected chi connectivity index (χ2v) is 6.06. The van der Waals surface area contributed by atoms with Crippen molar-refractivity contribution in [3.05, 3.63) is 17.7 Å². The van der Waals surface area contributed by atoms with Crippen LogP contribution in [0, 0.1) is 5.92 Å². The molecule has 2 bridgehead atoms. The molecular weight excluding hydrogens is 300 g/mol. The molecule has 3 saturated heterocycles. The molecule has 2 amide bonds. The van der Waals surface area contributed by atoms with Gasteiger partial charge in [-0.1, -0.05) is 0 Å². The van der Waals surface area contributed by atoms with Gasteiger partial charge in [0.15, 0.2) is 11.5 Å². The zero-order valence-corrected chi connectivity index (χ0v) is 13.6. The summed E-state index contributed by atoms with van der Waals surface area (Å²) in [6.45, 7) is 1.81. The van der Waals surface area contributed by atoms with Gasteiger partial charge in [0, 0.05) is 5.92 Å². The number of hydrogen-bond acceptors (Lipinski definition) is 5. The lowest BCUT2D eigenvalue weighted by atomic mass is 9.72. The highest BCUT2D eigenvalue weighted by Crippen LogP contribution is 2.46.